The summed E-state index contributed by atoms with van der Waals surface area (Å²) in [5, 5.41) is 11.3. The van der Waals surface area contributed by atoms with E-state index in [-0.39, 0.29) is 5.69 Å². The highest BCUT2D eigenvalue weighted by Gasteiger charge is 2.31. The molecule has 0 bridgehead atoms. The largest absolute Gasteiger partial charge is 0.415 e. The third-order valence-electron chi connectivity index (χ3n) is 9.63. The molecular formula is C44H25F3N6. The van der Waals surface area contributed by atoms with Crippen molar-refractivity contribution in [2.75, 3.05) is 0 Å². The van der Waals surface area contributed by atoms with Gasteiger partial charge in [0.25, 0.3) is 0 Å². The van der Waals surface area contributed by atoms with Crippen molar-refractivity contribution in [3.63, 3.8) is 0 Å². The van der Waals surface area contributed by atoms with Crippen molar-refractivity contribution in [2.24, 2.45) is 0 Å². The van der Waals surface area contributed by atoms with Gasteiger partial charge in [0.1, 0.15) is 0 Å². The summed E-state index contributed by atoms with van der Waals surface area (Å²) in [4.78, 5) is 12.8. The zero-order chi connectivity index (χ0) is 36.4. The Morgan fingerprint density at radius 1 is 0.623 bits per heavy atom. The van der Waals surface area contributed by atoms with E-state index in [0.717, 1.165) is 78.6 Å². The lowest BCUT2D eigenvalue weighted by Crippen LogP contribution is -2.04. The first-order chi connectivity index (χ1) is 25.7. The number of halogens is 3. The summed E-state index contributed by atoms with van der Waals surface area (Å²) in [6.45, 7) is 9.38. The highest BCUT2D eigenvalue weighted by atomic mass is 19.4. The van der Waals surface area contributed by atoms with Crippen molar-refractivity contribution in [2.45, 2.75) is 13.1 Å². The molecule has 0 amide bonds. The van der Waals surface area contributed by atoms with Gasteiger partial charge >= 0.3 is 6.18 Å². The molecule has 0 fully saturated rings. The molecule has 53 heavy (non-hydrogen) atoms. The smallest absolute Gasteiger partial charge is 0.308 e. The van der Waals surface area contributed by atoms with Gasteiger partial charge in [-0.2, -0.15) is 18.4 Å². The zero-order valence-electron chi connectivity index (χ0n) is 28.0. The van der Waals surface area contributed by atoms with Gasteiger partial charge in [0, 0.05) is 40.1 Å². The van der Waals surface area contributed by atoms with Crippen molar-refractivity contribution >= 4 is 49.6 Å². The summed E-state index contributed by atoms with van der Waals surface area (Å²) in [6, 6.07) is 39.3. The molecule has 0 aliphatic rings. The number of benzene rings is 5. The third-order valence-corrected chi connectivity index (χ3v) is 9.63. The van der Waals surface area contributed by atoms with Gasteiger partial charge in [-0.05, 0) is 132 Å². The van der Waals surface area contributed by atoms with Crippen LogP contribution < -0.4 is 0 Å². The highest BCUT2D eigenvalue weighted by Crippen LogP contribution is 2.40. The molecule has 0 radical (unpaired) electrons. The van der Waals surface area contributed by atoms with Gasteiger partial charge in [-0.25, -0.2) is 4.85 Å². The average Bonchev–Trinajstić information content (AvgIpc) is 3.69. The SMILES string of the molecule is [C-]#[N+]c1cc(-c2ccc3c(c2)c2ncccc2n3-c2cccc(-n3c4ccc(-c5cc(C)cc(C#N)c5)cc4c4ncccc43)c2)cc(C(F)(F)F)c1. The van der Waals surface area contributed by atoms with Crippen LogP contribution in [0.1, 0.15) is 16.7 Å². The molecular weight excluding hydrogens is 670 g/mol. The fourth-order valence-corrected chi connectivity index (χ4v) is 7.38. The summed E-state index contributed by atoms with van der Waals surface area (Å²) >= 11 is 0. The molecule has 6 nitrogen and oxygen atoms in total. The highest BCUT2D eigenvalue weighted by molar-refractivity contribution is 6.10. The van der Waals surface area contributed by atoms with Crippen LogP contribution >= 0.6 is 0 Å². The van der Waals surface area contributed by atoms with E-state index < -0.39 is 11.7 Å². The molecule has 4 heterocycles. The lowest BCUT2D eigenvalue weighted by atomic mass is 9.99. The Morgan fingerprint density at radius 2 is 1.21 bits per heavy atom. The summed E-state index contributed by atoms with van der Waals surface area (Å²) in [7, 11) is 0. The number of alkyl halides is 3. The number of fused-ring (bicyclic) bond motifs is 6. The summed E-state index contributed by atoms with van der Waals surface area (Å²) in [5.41, 5.74) is 10.4. The van der Waals surface area contributed by atoms with Crippen molar-refractivity contribution in [1.82, 2.24) is 19.1 Å². The van der Waals surface area contributed by atoms with Crippen LogP contribution in [-0.2, 0) is 6.18 Å². The van der Waals surface area contributed by atoms with Gasteiger partial charge in [-0.3, -0.25) is 9.97 Å². The van der Waals surface area contributed by atoms with Gasteiger partial charge in [-0.1, -0.05) is 24.3 Å². The number of aryl methyl sites for hydroxylation is 1. The lowest BCUT2D eigenvalue weighted by Gasteiger charge is -2.13. The van der Waals surface area contributed by atoms with Crippen LogP contribution in [0, 0.1) is 24.8 Å². The first-order valence-electron chi connectivity index (χ1n) is 16.7. The van der Waals surface area contributed by atoms with E-state index in [2.05, 4.69) is 56.4 Å². The number of hydrogen-bond donors (Lipinski definition) is 0. The second-order valence-corrected chi connectivity index (χ2v) is 13.0. The van der Waals surface area contributed by atoms with E-state index in [1.54, 1.807) is 18.5 Å². The lowest BCUT2D eigenvalue weighted by molar-refractivity contribution is -0.137. The van der Waals surface area contributed by atoms with Crippen LogP contribution in [0.5, 0.6) is 0 Å². The third kappa shape index (κ3) is 5.26. The molecule has 0 unspecified atom stereocenters. The van der Waals surface area contributed by atoms with Crippen LogP contribution in [-0.4, -0.2) is 19.1 Å². The minimum Gasteiger partial charge on any atom is -0.308 e. The predicted octanol–water partition coefficient (Wildman–Crippen LogP) is 11.8. The normalized spacial score (nSPS) is 11.7. The maximum Gasteiger partial charge on any atom is 0.415 e. The molecule has 5 aromatic carbocycles. The molecule has 4 aromatic heterocycles. The average molecular weight is 695 g/mol. The number of pyridine rings is 2. The molecule has 0 saturated heterocycles. The van der Waals surface area contributed by atoms with Crippen molar-refractivity contribution in [3.05, 3.63) is 162 Å². The van der Waals surface area contributed by atoms with Gasteiger partial charge in [0.2, 0.25) is 0 Å². The standard InChI is InChI=1S/C44H25F3N6/c1-26-16-27(25-48)18-30(17-26)28-10-12-38-36(21-28)42-40(8-4-14-50-42)52(38)34-6-3-7-35(24-34)53-39-13-11-29(22-37(39)43-41(53)9-5-15-51-43)31-19-32(44(45,46)47)23-33(20-31)49-2/h3-24H,1H3. The summed E-state index contributed by atoms with van der Waals surface area (Å²) in [5.74, 6) is 0. The second-order valence-electron chi connectivity index (χ2n) is 13.0. The quantitative estimate of drug-likeness (QED) is 0.172. The Balaban J connectivity index is 1.21. The molecule has 9 heteroatoms. The summed E-state index contributed by atoms with van der Waals surface area (Å²) in [6.07, 6.45) is -1.09. The van der Waals surface area contributed by atoms with E-state index in [4.69, 9.17) is 16.5 Å². The van der Waals surface area contributed by atoms with E-state index in [1.807, 2.05) is 67.6 Å². The molecule has 252 valence electrons. The Hall–Kier alpha value is -7.23. The van der Waals surface area contributed by atoms with E-state index in [1.165, 1.54) is 6.07 Å². The van der Waals surface area contributed by atoms with Crippen LogP contribution in [0.25, 0.3) is 82.3 Å². The van der Waals surface area contributed by atoms with Gasteiger partial charge < -0.3 is 9.13 Å². The number of aromatic nitrogens is 4. The molecule has 9 rings (SSSR count). The topological polar surface area (TPSA) is 63.8 Å². The van der Waals surface area contributed by atoms with Gasteiger partial charge in [0.15, 0.2) is 5.69 Å². The van der Waals surface area contributed by atoms with E-state index >= 15 is 0 Å². The van der Waals surface area contributed by atoms with Crippen molar-refractivity contribution in [3.8, 4) is 39.7 Å². The number of hydrogen-bond acceptors (Lipinski definition) is 3. The molecule has 9 aromatic rings. The second kappa shape index (κ2) is 11.9. The van der Waals surface area contributed by atoms with Crippen LogP contribution in [0.4, 0.5) is 18.9 Å². The van der Waals surface area contributed by atoms with Crippen molar-refractivity contribution < 1.29 is 13.2 Å². The minimum absolute atomic E-state index is 0.0768. The van der Waals surface area contributed by atoms with Crippen LogP contribution in [0.3, 0.4) is 0 Å². The maximum atomic E-state index is 13.8. The van der Waals surface area contributed by atoms with E-state index in [0.29, 0.717) is 22.2 Å². The molecule has 0 aliphatic heterocycles. The zero-order valence-corrected chi connectivity index (χ0v) is 28.0. The first kappa shape index (κ1) is 31.7. The molecule has 0 spiro atoms. The monoisotopic (exact) mass is 694 g/mol. The Morgan fingerprint density at radius 3 is 1.75 bits per heavy atom. The maximum absolute atomic E-state index is 13.8. The number of nitrogens with zero attached hydrogens (tertiary/aromatic N) is 6. The van der Waals surface area contributed by atoms with E-state index in [9.17, 15) is 18.4 Å². The van der Waals surface area contributed by atoms with Crippen molar-refractivity contribution in [1.29, 1.82) is 5.26 Å². The van der Waals surface area contributed by atoms with Gasteiger partial charge in [-0.15, -0.1) is 0 Å². The van der Waals surface area contributed by atoms with Gasteiger partial charge in [0.05, 0.1) is 51.3 Å². The molecule has 0 saturated carbocycles. The number of rotatable bonds is 4. The molecule has 0 aliphatic carbocycles. The van der Waals surface area contributed by atoms with Crippen LogP contribution in [0.15, 0.2) is 134 Å². The fourth-order valence-electron chi connectivity index (χ4n) is 7.38. The summed E-state index contributed by atoms with van der Waals surface area (Å²) < 4.78 is 45.6. The molecule has 0 atom stereocenters. The Kier molecular flexibility index (Phi) is 7.15. The number of nitriles is 1. The first-order valence-corrected chi connectivity index (χ1v) is 16.7. The minimum atomic E-state index is -4.58. The fraction of sp³-hybridized carbons (Fsp3) is 0.0455. The van der Waals surface area contributed by atoms with Crippen LogP contribution in [0.2, 0.25) is 0 Å². The molecule has 0 N–H and O–H groups in total. The Bertz CT molecular complexity index is 3050. The Labute approximate surface area is 301 Å². The predicted molar refractivity (Wildman–Crippen MR) is 202 cm³/mol.